The number of ether oxygens (including phenoxy) is 3. The van der Waals surface area contributed by atoms with Gasteiger partial charge in [0.25, 0.3) is 5.56 Å². The number of carbonyl (C=O) groups is 2. The molecule has 44 heavy (non-hydrogen) atoms. The van der Waals surface area contributed by atoms with E-state index in [2.05, 4.69) is 5.32 Å². The topological polar surface area (TPSA) is 174 Å². The van der Waals surface area contributed by atoms with Crippen molar-refractivity contribution in [2.45, 2.75) is 59.8 Å². The molecular weight excluding hydrogens is 617 g/mol. The summed E-state index contributed by atoms with van der Waals surface area (Å²) < 4.78 is 41.1. The third-order valence-corrected chi connectivity index (χ3v) is 8.82. The van der Waals surface area contributed by atoms with Crippen LogP contribution in [-0.4, -0.2) is 63.5 Å². The molecule has 1 saturated heterocycles. The lowest BCUT2D eigenvalue weighted by atomic mass is 9.96. The number of alkyl carbamates (subject to hydrolysis) is 1. The number of nitrogens with zero attached hydrogens (tertiary/aromatic N) is 2. The van der Waals surface area contributed by atoms with Crippen LogP contribution < -0.4 is 16.6 Å². The SMILES string of the molecule is CCOC(=O)NCC(C)(C)C(=O)SCCOP(=O)(O)OC[C@@H]1C[C@H](C)[C@H](n2ccc(=O)n(COCc3ccccc3)c2=O)O1. The van der Waals surface area contributed by atoms with Crippen LogP contribution in [0.4, 0.5) is 4.79 Å². The molecule has 0 saturated carbocycles. The Bertz CT molecular complexity index is 1420. The molecule has 2 aromatic rings. The summed E-state index contributed by atoms with van der Waals surface area (Å²) in [5.41, 5.74) is -1.12. The first-order valence-corrected chi connectivity index (χ1v) is 16.6. The van der Waals surface area contributed by atoms with E-state index in [0.717, 1.165) is 21.9 Å². The number of hydrogen-bond acceptors (Lipinski definition) is 11. The summed E-state index contributed by atoms with van der Waals surface area (Å²) in [6, 6.07) is 10.6. The molecule has 1 unspecified atom stereocenters. The zero-order chi connectivity index (χ0) is 32.3. The number of amides is 1. The largest absolute Gasteiger partial charge is 0.472 e. The summed E-state index contributed by atoms with van der Waals surface area (Å²) in [4.78, 5) is 59.6. The molecule has 0 radical (unpaired) electrons. The van der Waals surface area contributed by atoms with Crippen LogP contribution in [0.5, 0.6) is 0 Å². The first-order chi connectivity index (χ1) is 20.8. The maximum Gasteiger partial charge on any atom is 0.472 e. The Morgan fingerprint density at radius 1 is 1.18 bits per heavy atom. The van der Waals surface area contributed by atoms with E-state index in [-0.39, 0.29) is 56.5 Å². The van der Waals surface area contributed by atoms with Crippen LogP contribution in [0.15, 0.2) is 52.2 Å². The van der Waals surface area contributed by atoms with Crippen molar-refractivity contribution in [1.82, 2.24) is 14.5 Å². The number of thioether (sulfide) groups is 1. The first kappa shape index (κ1) is 35.7. The van der Waals surface area contributed by atoms with Gasteiger partial charge in [0.1, 0.15) is 13.0 Å². The highest BCUT2D eigenvalue weighted by Crippen LogP contribution is 2.45. The van der Waals surface area contributed by atoms with Gasteiger partial charge in [0.2, 0.25) is 0 Å². The van der Waals surface area contributed by atoms with Gasteiger partial charge >= 0.3 is 19.6 Å². The van der Waals surface area contributed by atoms with Gasteiger partial charge in [-0.3, -0.25) is 23.2 Å². The van der Waals surface area contributed by atoms with Gasteiger partial charge in [-0.25, -0.2) is 18.7 Å². The van der Waals surface area contributed by atoms with Crippen molar-refractivity contribution in [3.8, 4) is 0 Å². The molecule has 3 rings (SSSR count). The zero-order valence-corrected chi connectivity index (χ0v) is 26.9. The zero-order valence-electron chi connectivity index (χ0n) is 25.2. The molecule has 1 fully saturated rings. The van der Waals surface area contributed by atoms with Gasteiger partial charge in [0, 0.05) is 30.5 Å². The van der Waals surface area contributed by atoms with Crippen molar-refractivity contribution >= 4 is 30.8 Å². The second kappa shape index (κ2) is 16.5. The van der Waals surface area contributed by atoms with E-state index >= 15 is 0 Å². The standard InChI is InChI=1S/C28H40N3O11PS/c1-5-39-26(34)29-18-28(3,4)25(33)44-14-13-40-43(36,37)41-17-22-15-20(2)24(42-22)30-12-11-23(32)31(27(30)35)19-38-16-21-9-7-6-8-10-21/h6-12,20,22,24H,5,13-19H2,1-4H3,(H,29,34)(H,36,37)/t20-,22-,24+/m0/s1. The van der Waals surface area contributed by atoms with Gasteiger partial charge in [-0.1, -0.05) is 62.9 Å². The Morgan fingerprint density at radius 2 is 1.91 bits per heavy atom. The van der Waals surface area contributed by atoms with E-state index in [1.54, 1.807) is 20.8 Å². The molecule has 244 valence electrons. The number of carbonyl (C=O) groups excluding carboxylic acids is 2. The van der Waals surface area contributed by atoms with Crippen LogP contribution >= 0.6 is 19.6 Å². The van der Waals surface area contributed by atoms with E-state index in [0.29, 0.717) is 6.42 Å². The highest BCUT2D eigenvalue weighted by atomic mass is 32.2. The molecular formula is C28H40N3O11PS. The molecule has 16 heteroatoms. The van der Waals surface area contributed by atoms with Crippen LogP contribution in [-0.2, 0) is 46.0 Å². The molecule has 14 nitrogen and oxygen atoms in total. The third kappa shape index (κ3) is 10.7. The predicted molar refractivity (Wildman–Crippen MR) is 162 cm³/mol. The summed E-state index contributed by atoms with van der Waals surface area (Å²) in [6.07, 6.45) is -0.201. The number of benzene rings is 1. The molecule has 0 spiro atoms. The lowest BCUT2D eigenvalue weighted by Gasteiger charge is -2.22. The lowest BCUT2D eigenvalue weighted by Crippen LogP contribution is -2.41. The molecule has 4 atom stereocenters. The first-order valence-electron chi connectivity index (χ1n) is 14.1. The van der Waals surface area contributed by atoms with Crippen LogP contribution in [0.2, 0.25) is 0 Å². The average molecular weight is 658 g/mol. The smallest absolute Gasteiger partial charge is 0.450 e. The minimum atomic E-state index is -4.46. The minimum Gasteiger partial charge on any atom is -0.450 e. The number of aromatic nitrogens is 2. The Labute approximate surface area is 259 Å². The summed E-state index contributed by atoms with van der Waals surface area (Å²) >= 11 is 0.904. The molecule has 1 amide bonds. The number of phosphoric acid groups is 1. The monoisotopic (exact) mass is 657 g/mol. The third-order valence-electron chi connectivity index (χ3n) is 6.65. The number of nitrogens with one attached hydrogen (secondary N) is 1. The highest BCUT2D eigenvalue weighted by molar-refractivity contribution is 8.13. The van der Waals surface area contributed by atoms with E-state index in [4.69, 9.17) is 23.3 Å². The Balaban J connectivity index is 1.45. The van der Waals surface area contributed by atoms with E-state index < -0.39 is 42.9 Å². The van der Waals surface area contributed by atoms with Crippen molar-refractivity contribution in [3.63, 3.8) is 0 Å². The number of rotatable bonds is 16. The van der Waals surface area contributed by atoms with E-state index in [1.807, 2.05) is 37.3 Å². The Hall–Kier alpha value is -2.78. The fourth-order valence-corrected chi connectivity index (χ4v) is 5.97. The Morgan fingerprint density at radius 3 is 2.61 bits per heavy atom. The van der Waals surface area contributed by atoms with E-state index in [9.17, 15) is 28.6 Å². The van der Waals surface area contributed by atoms with Crippen LogP contribution in [0.3, 0.4) is 0 Å². The molecule has 1 aromatic heterocycles. The van der Waals surface area contributed by atoms with E-state index in [1.165, 1.54) is 16.8 Å². The number of hydrogen-bond donors (Lipinski definition) is 2. The summed E-state index contributed by atoms with van der Waals surface area (Å²) in [5, 5.41) is 2.28. The van der Waals surface area contributed by atoms with Gasteiger partial charge in [0.05, 0.1) is 37.9 Å². The average Bonchev–Trinajstić information content (AvgIpc) is 3.35. The summed E-state index contributed by atoms with van der Waals surface area (Å²) in [5.74, 6) is -0.0944. The lowest BCUT2D eigenvalue weighted by molar-refractivity contribution is -0.117. The van der Waals surface area contributed by atoms with Gasteiger partial charge < -0.3 is 24.4 Å². The second-order valence-corrected chi connectivity index (χ2v) is 13.3. The summed E-state index contributed by atoms with van der Waals surface area (Å²) in [7, 11) is -4.46. The molecule has 1 aromatic carbocycles. The van der Waals surface area contributed by atoms with Crippen molar-refractivity contribution in [2.75, 3.05) is 32.1 Å². The van der Waals surface area contributed by atoms with Gasteiger partial charge in [-0.2, -0.15) is 0 Å². The molecule has 1 aliphatic heterocycles. The van der Waals surface area contributed by atoms with Crippen molar-refractivity contribution in [3.05, 3.63) is 69.0 Å². The highest BCUT2D eigenvalue weighted by Gasteiger charge is 2.36. The number of phosphoric ester groups is 1. The maximum atomic E-state index is 13.1. The van der Waals surface area contributed by atoms with Crippen LogP contribution in [0.1, 0.15) is 45.9 Å². The van der Waals surface area contributed by atoms with Crippen molar-refractivity contribution in [1.29, 1.82) is 0 Å². The van der Waals surface area contributed by atoms with Crippen molar-refractivity contribution in [2.24, 2.45) is 11.3 Å². The van der Waals surface area contributed by atoms with Crippen LogP contribution in [0.25, 0.3) is 0 Å². The normalized spacial score (nSPS) is 19.8. The summed E-state index contributed by atoms with van der Waals surface area (Å²) in [6.45, 7) is 6.60. The molecule has 2 heterocycles. The fraction of sp³-hybridized carbons (Fsp3) is 0.571. The molecule has 0 bridgehead atoms. The molecule has 0 aliphatic carbocycles. The predicted octanol–water partition coefficient (Wildman–Crippen LogP) is 3.27. The quantitative estimate of drug-likeness (QED) is 0.200. The fourth-order valence-electron chi connectivity index (χ4n) is 4.28. The second-order valence-electron chi connectivity index (χ2n) is 10.8. The molecule has 1 aliphatic rings. The molecule has 2 N–H and O–H groups in total. The van der Waals surface area contributed by atoms with Gasteiger partial charge in [-0.15, -0.1) is 0 Å². The van der Waals surface area contributed by atoms with Gasteiger partial charge in [0.15, 0.2) is 5.12 Å². The maximum absolute atomic E-state index is 13.1. The van der Waals surface area contributed by atoms with Crippen LogP contribution in [0, 0.1) is 11.3 Å². The Kier molecular flexibility index (Phi) is 13.4. The minimum absolute atomic E-state index is 0.0656. The van der Waals surface area contributed by atoms with Crippen molar-refractivity contribution < 1.29 is 42.3 Å². The van der Waals surface area contributed by atoms with Gasteiger partial charge in [-0.05, 0) is 18.9 Å².